The molecule has 5 heteroatoms. The zero-order valence-electron chi connectivity index (χ0n) is 11.5. The fourth-order valence-corrected chi connectivity index (χ4v) is 3.01. The second-order valence-corrected chi connectivity index (χ2v) is 7.14. The number of thiazole rings is 1. The summed E-state index contributed by atoms with van der Waals surface area (Å²) in [6.07, 6.45) is -0.617. The summed E-state index contributed by atoms with van der Waals surface area (Å²) >= 11 is 7.39. The van der Waals surface area contributed by atoms with Crippen LogP contribution in [0.25, 0.3) is 10.2 Å². The minimum Gasteiger partial charge on any atom is -0.494 e. The molecular formula is C14H18ClNO2S. The van der Waals surface area contributed by atoms with Crippen molar-refractivity contribution in [2.75, 3.05) is 6.61 Å². The van der Waals surface area contributed by atoms with Crippen molar-refractivity contribution in [3.8, 4) is 5.75 Å². The number of hydrogen-bond donors (Lipinski definition) is 1. The maximum absolute atomic E-state index is 10.5. The molecule has 1 unspecified atom stereocenters. The first-order chi connectivity index (χ1) is 8.82. The number of fused-ring (bicyclic) bond motifs is 1. The van der Waals surface area contributed by atoms with E-state index in [1.54, 1.807) is 0 Å². The van der Waals surface area contributed by atoms with Gasteiger partial charge in [-0.05, 0) is 24.5 Å². The number of ether oxygens (including phenoxy) is 1. The molecule has 1 aromatic heterocycles. The monoisotopic (exact) mass is 299 g/mol. The molecule has 0 aliphatic heterocycles. The van der Waals surface area contributed by atoms with E-state index in [1.807, 2.05) is 39.8 Å². The van der Waals surface area contributed by atoms with E-state index >= 15 is 0 Å². The lowest BCUT2D eigenvalue weighted by Gasteiger charge is -2.26. The third-order valence-electron chi connectivity index (χ3n) is 2.90. The largest absolute Gasteiger partial charge is 0.494 e. The molecule has 0 radical (unpaired) electrons. The Morgan fingerprint density at radius 1 is 1.42 bits per heavy atom. The van der Waals surface area contributed by atoms with Crippen molar-refractivity contribution in [1.29, 1.82) is 0 Å². The standard InChI is InChI=1S/C14H18ClNO2S/c1-5-18-8-6-9(12(17)14(2,3)4)11-10(7-8)19-13(15)16-11/h6-7,12,17H,5H2,1-4H3. The highest BCUT2D eigenvalue weighted by atomic mass is 35.5. The first-order valence-corrected chi connectivity index (χ1v) is 7.43. The van der Waals surface area contributed by atoms with Gasteiger partial charge in [0.1, 0.15) is 5.75 Å². The van der Waals surface area contributed by atoms with E-state index in [0.717, 1.165) is 21.5 Å². The number of aromatic nitrogens is 1. The molecule has 1 atom stereocenters. The van der Waals surface area contributed by atoms with Gasteiger partial charge in [0.25, 0.3) is 0 Å². The summed E-state index contributed by atoms with van der Waals surface area (Å²) in [5.41, 5.74) is 1.27. The lowest BCUT2D eigenvalue weighted by atomic mass is 9.84. The Kier molecular flexibility index (Phi) is 4.04. The Morgan fingerprint density at radius 2 is 2.11 bits per heavy atom. The van der Waals surface area contributed by atoms with Crippen LogP contribution in [0.15, 0.2) is 12.1 Å². The van der Waals surface area contributed by atoms with E-state index in [0.29, 0.717) is 11.1 Å². The molecule has 0 saturated carbocycles. The Labute approximate surface area is 122 Å². The summed E-state index contributed by atoms with van der Waals surface area (Å²) in [5, 5.41) is 10.5. The Hall–Kier alpha value is -0.840. The minimum atomic E-state index is -0.617. The smallest absolute Gasteiger partial charge is 0.184 e. The molecule has 3 nitrogen and oxygen atoms in total. The molecule has 1 aromatic carbocycles. The zero-order valence-corrected chi connectivity index (χ0v) is 13.1. The highest BCUT2D eigenvalue weighted by Crippen LogP contribution is 2.40. The van der Waals surface area contributed by atoms with Crippen LogP contribution in [0, 0.1) is 5.41 Å². The molecule has 1 N–H and O–H groups in total. The van der Waals surface area contributed by atoms with E-state index in [9.17, 15) is 5.11 Å². The van der Waals surface area contributed by atoms with E-state index in [-0.39, 0.29) is 5.41 Å². The topological polar surface area (TPSA) is 42.4 Å². The molecule has 0 amide bonds. The first-order valence-electron chi connectivity index (χ1n) is 6.23. The predicted octanol–water partition coefficient (Wildman–Crippen LogP) is 4.43. The van der Waals surface area contributed by atoms with Gasteiger partial charge in [-0.2, -0.15) is 0 Å². The van der Waals surface area contributed by atoms with Crippen molar-refractivity contribution in [2.24, 2.45) is 5.41 Å². The van der Waals surface area contributed by atoms with E-state index in [2.05, 4.69) is 4.98 Å². The van der Waals surface area contributed by atoms with Gasteiger partial charge in [0, 0.05) is 5.56 Å². The molecule has 2 aromatic rings. The highest BCUT2D eigenvalue weighted by molar-refractivity contribution is 7.22. The van der Waals surface area contributed by atoms with Crippen LogP contribution < -0.4 is 4.74 Å². The SMILES string of the molecule is CCOc1cc(C(O)C(C)(C)C)c2nc(Cl)sc2c1. The first kappa shape index (κ1) is 14.6. The quantitative estimate of drug-likeness (QED) is 0.912. The average molecular weight is 300 g/mol. The molecule has 104 valence electrons. The van der Waals surface area contributed by atoms with Crippen LogP contribution >= 0.6 is 22.9 Å². The normalized spacial score (nSPS) is 13.8. The third kappa shape index (κ3) is 3.02. The maximum Gasteiger partial charge on any atom is 0.184 e. The molecule has 0 saturated heterocycles. The van der Waals surface area contributed by atoms with Crippen LogP contribution in [-0.2, 0) is 0 Å². The summed E-state index contributed by atoms with van der Waals surface area (Å²) in [6.45, 7) is 8.49. The van der Waals surface area contributed by atoms with Crippen LogP contribution in [0.4, 0.5) is 0 Å². The van der Waals surface area contributed by atoms with Gasteiger partial charge in [-0.25, -0.2) is 4.98 Å². The van der Waals surface area contributed by atoms with Crippen molar-refractivity contribution in [1.82, 2.24) is 4.98 Å². The van der Waals surface area contributed by atoms with E-state index < -0.39 is 6.10 Å². The number of benzene rings is 1. The number of aliphatic hydroxyl groups excluding tert-OH is 1. The average Bonchev–Trinajstić information content (AvgIpc) is 2.66. The van der Waals surface area contributed by atoms with Gasteiger partial charge in [-0.1, -0.05) is 32.4 Å². The number of rotatable bonds is 3. The van der Waals surface area contributed by atoms with Crippen molar-refractivity contribution >= 4 is 33.2 Å². The predicted molar refractivity (Wildman–Crippen MR) is 80.2 cm³/mol. The van der Waals surface area contributed by atoms with Gasteiger partial charge < -0.3 is 9.84 Å². The van der Waals surface area contributed by atoms with Crippen LogP contribution in [0.1, 0.15) is 39.4 Å². The third-order valence-corrected chi connectivity index (χ3v) is 4.00. The van der Waals surface area contributed by atoms with Gasteiger partial charge in [-0.3, -0.25) is 0 Å². The number of hydrogen-bond acceptors (Lipinski definition) is 4. The molecule has 19 heavy (non-hydrogen) atoms. The van der Waals surface area contributed by atoms with Crippen LogP contribution in [0.3, 0.4) is 0 Å². The lowest BCUT2D eigenvalue weighted by Crippen LogP contribution is -2.18. The number of nitrogens with zero attached hydrogens (tertiary/aromatic N) is 1. The summed E-state index contributed by atoms with van der Waals surface area (Å²) in [4.78, 5) is 4.32. The molecule has 0 aliphatic carbocycles. The van der Waals surface area contributed by atoms with Crippen LogP contribution in [0.5, 0.6) is 5.75 Å². The summed E-state index contributed by atoms with van der Waals surface area (Å²) in [6, 6.07) is 3.78. The fourth-order valence-electron chi connectivity index (χ4n) is 1.93. The Balaban J connectivity index is 2.62. The highest BCUT2D eigenvalue weighted by Gasteiger charge is 2.27. The molecule has 0 aliphatic rings. The van der Waals surface area contributed by atoms with Crippen molar-refractivity contribution in [2.45, 2.75) is 33.8 Å². The van der Waals surface area contributed by atoms with Crippen LogP contribution in [-0.4, -0.2) is 16.7 Å². The molecule has 0 bridgehead atoms. The molecule has 0 fully saturated rings. The summed E-state index contributed by atoms with van der Waals surface area (Å²) in [5.74, 6) is 0.744. The van der Waals surface area contributed by atoms with Crippen molar-refractivity contribution < 1.29 is 9.84 Å². The van der Waals surface area contributed by atoms with Crippen molar-refractivity contribution in [3.63, 3.8) is 0 Å². The Bertz CT molecular complexity index is 589. The van der Waals surface area contributed by atoms with Gasteiger partial charge in [0.05, 0.1) is 22.9 Å². The van der Waals surface area contributed by atoms with Gasteiger partial charge in [0.15, 0.2) is 4.47 Å². The number of halogens is 1. The van der Waals surface area contributed by atoms with Gasteiger partial charge >= 0.3 is 0 Å². The zero-order chi connectivity index (χ0) is 14.2. The molecular weight excluding hydrogens is 282 g/mol. The Morgan fingerprint density at radius 3 is 2.68 bits per heavy atom. The second kappa shape index (κ2) is 5.27. The van der Waals surface area contributed by atoms with E-state index in [4.69, 9.17) is 16.3 Å². The summed E-state index contributed by atoms with van der Waals surface area (Å²) in [7, 11) is 0. The van der Waals surface area contributed by atoms with Gasteiger partial charge in [-0.15, -0.1) is 11.3 Å². The lowest BCUT2D eigenvalue weighted by molar-refractivity contribution is 0.0636. The van der Waals surface area contributed by atoms with Gasteiger partial charge in [0.2, 0.25) is 0 Å². The second-order valence-electron chi connectivity index (χ2n) is 5.53. The molecule has 0 spiro atoms. The number of aliphatic hydroxyl groups is 1. The van der Waals surface area contributed by atoms with Crippen molar-refractivity contribution in [3.05, 3.63) is 22.2 Å². The maximum atomic E-state index is 10.5. The molecule has 1 heterocycles. The van der Waals surface area contributed by atoms with E-state index in [1.165, 1.54) is 11.3 Å². The van der Waals surface area contributed by atoms with Crippen LogP contribution in [0.2, 0.25) is 4.47 Å². The molecule has 2 rings (SSSR count). The fraction of sp³-hybridized carbons (Fsp3) is 0.500. The minimum absolute atomic E-state index is 0.270. The summed E-state index contributed by atoms with van der Waals surface area (Å²) < 4.78 is 6.97.